The number of aryl methyl sites for hydroxylation is 1. The summed E-state index contributed by atoms with van der Waals surface area (Å²) in [4.78, 5) is 8.40. The summed E-state index contributed by atoms with van der Waals surface area (Å²) in [5.74, 6) is 0. The van der Waals surface area contributed by atoms with E-state index in [-0.39, 0.29) is 0 Å². The van der Waals surface area contributed by atoms with Crippen LogP contribution in [0.25, 0.3) is 0 Å². The molecular formula is C11H12ClN3S. The first kappa shape index (κ1) is 11.4. The van der Waals surface area contributed by atoms with Crippen LogP contribution in [0, 0.1) is 0 Å². The molecule has 2 aromatic rings. The lowest BCUT2D eigenvalue weighted by Gasteiger charge is -2.05. The average molecular weight is 254 g/mol. The van der Waals surface area contributed by atoms with Crippen LogP contribution >= 0.6 is 22.9 Å². The molecular weight excluding hydrogens is 242 g/mol. The minimum Gasteiger partial charge on any atom is -0.378 e. The molecule has 0 saturated carbocycles. The molecule has 2 rings (SSSR count). The molecule has 0 radical (unpaired) electrons. The molecule has 2 heterocycles. The van der Waals surface area contributed by atoms with Gasteiger partial charge in [-0.3, -0.25) is 4.98 Å². The topological polar surface area (TPSA) is 37.8 Å². The number of hydrogen-bond acceptors (Lipinski definition) is 4. The van der Waals surface area contributed by atoms with Crippen LogP contribution in [0.3, 0.4) is 0 Å². The van der Waals surface area contributed by atoms with Crippen molar-refractivity contribution in [2.45, 2.75) is 19.9 Å². The van der Waals surface area contributed by atoms with Gasteiger partial charge in [-0.2, -0.15) is 0 Å². The molecule has 0 aliphatic heterocycles. The van der Waals surface area contributed by atoms with E-state index in [2.05, 4.69) is 27.6 Å². The molecule has 0 saturated heterocycles. The Labute approximate surface area is 104 Å². The Bertz CT molecular complexity index is 470. The first-order valence-electron chi connectivity index (χ1n) is 5.06. The van der Waals surface area contributed by atoms with Gasteiger partial charge >= 0.3 is 0 Å². The fourth-order valence-corrected chi connectivity index (χ4v) is 2.23. The van der Waals surface area contributed by atoms with Gasteiger partial charge in [-0.05, 0) is 12.5 Å². The summed E-state index contributed by atoms with van der Waals surface area (Å²) in [6, 6.07) is 1.86. The van der Waals surface area contributed by atoms with Gasteiger partial charge in [-0.25, -0.2) is 4.98 Å². The van der Waals surface area contributed by atoms with Crippen molar-refractivity contribution in [3.05, 3.63) is 39.6 Å². The maximum absolute atomic E-state index is 5.98. The second-order valence-electron chi connectivity index (χ2n) is 3.30. The third-order valence-electron chi connectivity index (χ3n) is 2.13. The summed E-state index contributed by atoms with van der Waals surface area (Å²) < 4.78 is 0. The lowest BCUT2D eigenvalue weighted by molar-refractivity contribution is 1.01. The van der Waals surface area contributed by atoms with Crippen molar-refractivity contribution in [2.75, 3.05) is 5.32 Å². The van der Waals surface area contributed by atoms with Gasteiger partial charge < -0.3 is 5.32 Å². The fraction of sp³-hybridized carbons (Fsp3) is 0.273. The molecule has 0 amide bonds. The normalized spacial score (nSPS) is 10.4. The van der Waals surface area contributed by atoms with E-state index < -0.39 is 0 Å². The van der Waals surface area contributed by atoms with Crippen LogP contribution in [-0.2, 0) is 13.0 Å². The fourth-order valence-electron chi connectivity index (χ4n) is 1.30. The number of nitrogens with one attached hydrogen (secondary N) is 1. The molecule has 1 N–H and O–H groups in total. The van der Waals surface area contributed by atoms with Gasteiger partial charge in [0, 0.05) is 17.8 Å². The summed E-state index contributed by atoms with van der Waals surface area (Å²) >= 11 is 7.67. The van der Waals surface area contributed by atoms with Crippen molar-refractivity contribution in [3.8, 4) is 0 Å². The van der Waals surface area contributed by atoms with E-state index in [1.807, 2.05) is 6.07 Å². The van der Waals surface area contributed by atoms with Crippen LogP contribution < -0.4 is 5.32 Å². The van der Waals surface area contributed by atoms with Crippen LogP contribution in [-0.4, -0.2) is 9.97 Å². The van der Waals surface area contributed by atoms with Crippen LogP contribution in [0.2, 0.25) is 5.02 Å². The highest BCUT2D eigenvalue weighted by Crippen LogP contribution is 2.20. The smallest absolute Gasteiger partial charge is 0.0926 e. The summed E-state index contributed by atoms with van der Waals surface area (Å²) in [7, 11) is 0. The van der Waals surface area contributed by atoms with Gasteiger partial charge in [0.1, 0.15) is 0 Å². The zero-order chi connectivity index (χ0) is 11.4. The largest absolute Gasteiger partial charge is 0.378 e. The first-order valence-corrected chi connectivity index (χ1v) is 6.32. The lowest BCUT2D eigenvalue weighted by Crippen LogP contribution is -2.00. The Kier molecular flexibility index (Phi) is 3.74. The molecule has 16 heavy (non-hydrogen) atoms. The van der Waals surface area contributed by atoms with Gasteiger partial charge in [0.2, 0.25) is 0 Å². The maximum atomic E-state index is 5.98. The summed E-state index contributed by atoms with van der Waals surface area (Å²) in [6.07, 6.45) is 4.33. The van der Waals surface area contributed by atoms with Gasteiger partial charge in [0.05, 0.1) is 28.0 Å². The lowest BCUT2D eigenvalue weighted by atomic mass is 10.4. The number of halogens is 1. The monoisotopic (exact) mass is 253 g/mol. The average Bonchev–Trinajstić information content (AvgIpc) is 2.76. The highest BCUT2D eigenvalue weighted by atomic mass is 35.5. The van der Waals surface area contributed by atoms with Gasteiger partial charge in [0.15, 0.2) is 0 Å². The second kappa shape index (κ2) is 5.27. The molecule has 0 fully saturated rings. The molecule has 0 aliphatic carbocycles. The molecule has 0 aromatic carbocycles. The predicted octanol–water partition coefficient (Wildman–Crippen LogP) is 3.37. The highest BCUT2D eigenvalue weighted by Gasteiger charge is 2.02. The Morgan fingerprint density at radius 3 is 3.06 bits per heavy atom. The summed E-state index contributed by atoms with van der Waals surface area (Å²) in [5, 5.41) is 7.11. The molecule has 84 valence electrons. The number of thiazole rings is 1. The first-order chi connectivity index (χ1) is 7.79. The third-order valence-corrected chi connectivity index (χ3v) is 3.48. The third kappa shape index (κ3) is 2.71. The zero-order valence-electron chi connectivity index (χ0n) is 8.90. The van der Waals surface area contributed by atoms with Gasteiger partial charge in [-0.1, -0.05) is 18.5 Å². The van der Waals surface area contributed by atoms with E-state index in [1.165, 1.54) is 0 Å². The Hall–Kier alpha value is -1.13. The minimum atomic E-state index is 0.633. The minimum absolute atomic E-state index is 0.633. The van der Waals surface area contributed by atoms with Crippen LogP contribution in [0.5, 0.6) is 0 Å². The highest BCUT2D eigenvalue weighted by molar-refractivity contribution is 7.09. The van der Waals surface area contributed by atoms with Crippen molar-refractivity contribution in [1.82, 2.24) is 9.97 Å². The van der Waals surface area contributed by atoms with E-state index in [0.29, 0.717) is 11.6 Å². The summed E-state index contributed by atoms with van der Waals surface area (Å²) in [6.45, 7) is 2.80. The van der Waals surface area contributed by atoms with Gasteiger partial charge in [0.25, 0.3) is 0 Å². The standard InChI is InChI=1S/C11H12ClN3S/c1-2-11-15-8(7-16-11)5-14-10-3-4-13-6-9(10)12/h3-4,6-7H,2,5H2,1H3,(H,13,14). The maximum Gasteiger partial charge on any atom is 0.0926 e. The van der Waals surface area contributed by atoms with E-state index in [1.54, 1.807) is 23.7 Å². The predicted molar refractivity (Wildman–Crippen MR) is 68.1 cm³/mol. The molecule has 0 unspecified atom stereocenters. The number of hydrogen-bond donors (Lipinski definition) is 1. The number of aromatic nitrogens is 2. The quantitative estimate of drug-likeness (QED) is 0.908. The molecule has 0 spiro atoms. The molecule has 3 nitrogen and oxygen atoms in total. The van der Waals surface area contributed by atoms with Crippen molar-refractivity contribution in [3.63, 3.8) is 0 Å². The van der Waals surface area contributed by atoms with Crippen molar-refractivity contribution < 1.29 is 0 Å². The number of pyridine rings is 1. The van der Waals surface area contributed by atoms with E-state index >= 15 is 0 Å². The van der Waals surface area contributed by atoms with Crippen molar-refractivity contribution in [2.24, 2.45) is 0 Å². The second-order valence-corrected chi connectivity index (χ2v) is 4.65. The molecule has 2 aromatic heterocycles. The number of rotatable bonds is 4. The molecule has 0 aliphatic rings. The van der Waals surface area contributed by atoms with Crippen molar-refractivity contribution in [1.29, 1.82) is 0 Å². The van der Waals surface area contributed by atoms with E-state index in [0.717, 1.165) is 22.8 Å². The SMILES string of the molecule is CCc1nc(CNc2ccncc2Cl)cs1. The summed E-state index contributed by atoms with van der Waals surface area (Å²) in [5.41, 5.74) is 1.94. The van der Waals surface area contributed by atoms with E-state index in [4.69, 9.17) is 11.6 Å². The Morgan fingerprint density at radius 1 is 1.50 bits per heavy atom. The molecule has 0 atom stereocenters. The van der Waals surface area contributed by atoms with E-state index in [9.17, 15) is 0 Å². The molecule has 5 heteroatoms. The number of anilines is 1. The van der Waals surface area contributed by atoms with Crippen molar-refractivity contribution >= 4 is 28.6 Å². The van der Waals surface area contributed by atoms with Crippen LogP contribution in [0.1, 0.15) is 17.6 Å². The Balaban J connectivity index is 1.99. The number of nitrogens with zero attached hydrogens (tertiary/aromatic N) is 2. The molecule has 0 bridgehead atoms. The van der Waals surface area contributed by atoms with Crippen LogP contribution in [0.4, 0.5) is 5.69 Å². The Morgan fingerprint density at radius 2 is 2.38 bits per heavy atom. The van der Waals surface area contributed by atoms with Crippen LogP contribution in [0.15, 0.2) is 23.8 Å². The zero-order valence-corrected chi connectivity index (χ0v) is 10.5. The van der Waals surface area contributed by atoms with Gasteiger partial charge in [-0.15, -0.1) is 11.3 Å².